The van der Waals surface area contributed by atoms with Crippen LogP contribution in [0.3, 0.4) is 0 Å². The van der Waals surface area contributed by atoms with Crippen LogP contribution >= 0.6 is 7.82 Å². The van der Waals surface area contributed by atoms with Crippen molar-refractivity contribution in [3.05, 3.63) is 122 Å². The monoisotopic (exact) mass is 1130 g/mol. The van der Waals surface area contributed by atoms with Gasteiger partial charge in [0.2, 0.25) is 0 Å². The van der Waals surface area contributed by atoms with E-state index in [-0.39, 0.29) is 32.0 Å². The molecular weight excluding hydrogens is 1010 g/mol. The second-order valence-electron chi connectivity index (χ2n) is 22.4. The molecule has 10 heteroatoms. The van der Waals surface area contributed by atoms with E-state index in [1.54, 1.807) is 0 Å². The van der Waals surface area contributed by atoms with Crippen molar-refractivity contribution in [2.45, 2.75) is 264 Å². The number of phosphoric ester groups is 1. The maximum atomic E-state index is 12.8. The fraction of sp³-hybridized carbons (Fsp3) is 0.686. The molecule has 0 amide bonds. The number of hydrogen-bond acceptors (Lipinski definition) is 8. The first-order valence-electron chi connectivity index (χ1n) is 32.2. The van der Waals surface area contributed by atoms with Gasteiger partial charge in [-0.25, -0.2) is 0 Å². The molecule has 0 fully saturated rings. The Labute approximate surface area is 492 Å². The van der Waals surface area contributed by atoms with Crippen LogP contribution in [0.4, 0.5) is 0 Å². The molecule has 0 radical (unpaired) electrons. The Kier molecular flexibility index (Phi) is 57.3. The Balaban J connectivity index is 4.12. The number of esters is 2. The number of carbonyl (C=O) groups excluding carboxylic acids is 2. The predicted molar refractivity (Wildman–Crippen MR) is 341 cm³/mol. The van der Waals surface area contributed by atoms with Crippen molar-refractivity contribution in [2.24, 2.45) is 0 Å². The summed E-state index contributed by atoms with van der Waals surface area (Å²) in [5.74, 6) is -0.842. The van der Waals surface area contributed by atoms with Gasteiger partial charge in [-0.2, -0.15) is 0 Å². The lowest BCUT2D eigenvalue weighted by Gasteiger charge is -2.28. The molecule has 0 rings (SSSR count). The summed E-state index contributed by atoms with van der Waals surface area (Å²) in [5.41, 5.74) is 0. The minimum atomic E-state index is -4.64. The molecule has 0 aliphatic rings. The zero-order chi connectivity index (χ0) is 58.4. The van der Waals surface area contributed by atoms with Crippen LogP contribution in [-0.4, -0.2) is 70.0 Å². The molecule has 2 atom stereocenters. The van der Waals surface area contributed by atoms with Crippen molar-refractivity contribution in [2.75, 3.05) is 47.5 Å². The smallest absolute Gasteiger partial charge is 0.306 e. The van der Waals surface area contributed by atoms with E-state index in [2.05, 4.69) is 135 Å². The van der Waals surface area contributed by atoms with E-state index >= 15 is 0 Å². The van der Waals surface area contributed by atoms with Crippen LogP contribution in [-0.2, 0) is 32.7 Å². The first-order valence-corrected chi connectivity index (χ1v) is 33.7. The first-order chi connectivity index (χ1) is 39.0. The van der Waals surface area contributed by atoms with Crippen molar-refractivity contribution in [3.63, 3.8) is 0 Å². The van der Waals surface area contributed by atoms with Gasteiger partial charge in [0.25, 0.3) is 7.82 Å². The summed E-state index contributed by atoms with van der Waals surface area (Å²) in [5, 5.41) is 0. The Bertz CT molecular complexity index is 1760. The molecule has 0 saturated heterocycles. The topological polar surface area (TPSA) is 111 Å². The van der Waals surface area contributed by atoms with Gasteiger partial charge in [0, 0.05) is 12.8 Å². The van der Waals surface area contributed by atoms with Gasteiger partial charge in [-0.15, -0.1) is 0 Å². The molecule has 458 valence electrons. The van der Waals surface area contributed by atoms with E-state index in [1.807, 2.05) is 21.1 Å². The number of quaternary nitrogens is 1. The summed E-state index contributed by atoms with van der Waals surface area (Å²) >= 11 is 0. The second-order valence-corrected chi connectivity index (χ2v) is 23.8. The highest BCUT2D eigenvalue weighted by atomic mass is 31.2. The van der Waals surface area contributed by atoms with E-state index in [4.69, 9.17) is 18.5 Å². The number of rotatable bonds is 58. The van der Waals surface area contributed by atoms with Crippen LogP contribution in [0.2, 0.25) is 0 Å². The number of likely N-dealkylation sites (N-methyl/N-ethyl adjacent to an activating group) is 1. The van der Waals surface area contributed by atoms with Gasteiger partial charge in [-0.05, 0) is 89.9 Å². The lowest BCUT2D eigenvalue weighted by molar-refractivity contribution is -0.870. The maximum absolute atomic E-state index is 12.8. The van der Waals surface area contributed by atoms with Gasteiger partial charge >= 0.3 is 11.9 Å². The Morgan fingerprint density at radius 2 is 0.713 bits per heavy atom. The molecule has 0 heterocycles. The molecule has 0 aromatic carbocycles. The molecule has 0 N–H and O–H groups in total. The SMILES string of the molecule is CC/C=C\C/C=C\C/C=C\C/C=C\C/C=C\C/C=C\C/C=C\C/C=C\C/C=C\C/C=C\CCCCCCCCCCC(=O)OC(COC(=O)CCCCCCCCCCCCCCCCCCC)COP(=O)([O-])OCC[N+](C)(C)C. The standard InChI is InChI=1S/C70H120NO8P/c1-6-8-10-12-14-16-18-20-22-24-25-26-27-28-29-30-31-32-33-34-35-36-37-38-39-40-41-42-43-44-45-47-49-51-53-55-57-59-61-63-70(73)79-68(67-78-80(74,75)77-65-64-71(3,4)5)66-76-69(72)62-60-58-56-54-52-50-48-46-23-21-19-17-15-13-11-9-7-2/h8,10,14,16,20,22,25-26,28-29,31-32,34-35,37-38,40-41,43-44,68H,6-7,9,11-13,15,17-19,21,23-24,27,30,33,36,39,42,45-67H2,1-5H3/b10-8-,16-14-,22-20-,26-25-,29-28-,32-31-,35-34-,38-37-,41-40-,44-43-. The minimum absolute atomic E-state index is 0.0365. The van der Waals surface area contributed by atoms with E-state index in [0.717, 1.165) is 109 Å². The van der Waals surface area contributed by atoms with Crippen LogP contribution in [0.25, 0.3) is 0 Å². The fourth-order valence-corrected chi connectivity index (χ4v) is 9.30. The minimum Gasteiger partial charge on any atom is -0.756 e. The van der Waals surface area contributed by atoms with Gasteiger partial charge in [0.15, 0.2) is 6.10 Å². The number of phosphoric acid groups is 1. The molecule has 0 bridgehead atoms. The maximum Gasteiger partial charge on any atom is 0.306 e. The van der Waals surface area contributed by atoms with Crippen molar-refractivity contribution in [1.82, 2.24) is 0 Å². The third-order valence-corrected chi connectivity index (χ3v) is 14.5. The van der Waals surface area contributed by atoms with Crippen molar-refractivity contribution >= 4 is 19.8 Å². The summed E-state index contributed by atoms with van der Waals surface area (Å²) in [6.07, 6.45) is 85.4. The van der Waals surface area contributed by atoms with Gasteiger partial charge < -0.3 is 27.9 Å². The third-order valence-electron chi connectivity index (χ3n) is 13.5. The van der Waals surface area contributed by atoms with E-state index in [1.165, 1.54) is 116 Å². The zero-order valence-electron chi connectivity index (χ0n) is 52.0. The number of unbranched alkanes of at least 4 members (excludes halogenated alkanes) is 24. The second kappa shape index (κ2) is 60.0. The third kappa shape index (κ3) is 63.6. The molecule has 0 aromatic rings. The summed E-state index contributed by atoms with van der Waals surface area (Å²) in [6, 6.07) is 0. The number of ether oxygens (including phenoxy) is 2. The summed E-state index contributed by atoms with van der Waals surface area (Å²) in [4.78, 5) is 37.9. The largest absolute Gasteiger partial charge is 0.756 e. The molecule has 0 aromatic heterocycles. The average molecular weight is 1130 g/mol. The number of carbonyl (C=O) groups is 2. The average Bonchev–Trinajstić information content (AvgIpc) is 3.42. The molecule has 0 aliphatic carbocycles. The van der Waals surface area contributed by atoms with E-state index in [0.29, 0.717) is 17.4 Å². The molecule has 0 aliphatic heterocycles. The Hall–Kier alpha value is -3.59. The zero-order valence-corrected chi connectivity index (χ0v) is 52.9. The summed E-state index contributed by atoms with van der Waals surface area (Å²) < 4.78 is 34.2. The highest BCUT2D eigenvalue weighted by Crippen LogP contribution is 2.38. The van der Waals surface area contributed by atoms with Crippen LogP contribution in [0.5, 0.6) is 0 Å². The quantitative estimate of drug-likeness (QED) is 0.0195. The van der Waals surface area contributed by atoms with Gasteiger partial charge in [-0.3, -0.25) is 14.2 Å². The van der Waals surface area contributed by atoms with Crippen LogP contribution < -0.4 is 4.89 Å². The molecule has 0 spiro atoms. The number of nitrogens with zero attached hydrogens (tertiary/aromatic N) is 1. The molecule has 0 saturated carbocycles. The summed E-state index contributed by atoms with van der Waals surface area (Å²) in [7, 11) is 1.15. The van der Waals surface area contributed by atoms with Crippen molar-refractivity contribution in [3.8, 4) is 0 Å². The fourth-order valence-electron chi connectivity index (χ4n) is 8.57. The predicted octanol–water partition coefficient (Wildman–Crippen LogP) is 20.1. The van der Waals surface area contributed by atoms with Crippen LogP contribution in [0, 0.1) is 0 Å². The van der Waals surface area contributed by atoms with Gasteiger partial charge in [0.05, 0.1) is 27.7 Å². The van der Waals surface area contributed by atoms with Gasteiger partial charge in [0.1, 0.15) is 19.8 Å². The molecular formula is C70H120NO8P. The Morgan fingerprint density at radius 3 is 1.06 bits per heavy atom. The van der Waals surface area contributed by atoms with E-state index in [9.17, 15) is 19.0 Å². The van der Waals surface area contributed by atoms with E-state index < -0.39 is 26.5 Å². The highest BCUT2D eigenvalue weighted by Gasteiger charge is 2.22. The van der Waals surface area contributed by atoms with Gasteiger partial charge in [-0.1, -0.05) is 277 Å². The molecule has 80 heavy (non-hydrogen) atoms. The number of allylic oxidation sites excluding steroid dienone is 20. The molecule has 2 unspecified atom stereocenters. The molecule has 9 nitrogen and oxygen atoms in total. The Morgan fingerprint density at radius 1 is 0.400 bits per heavy atom. The normalized spacial score (nSPS) is 14.0. The van der Waals surface area contributed by atoms with Crippen LogP contribution in [0.1, 0.15) is 258 Å². The van der Waals surface area contributed by atoms with Crippen molar-refractivity contribution in [1.29, 1.82) is 0 Å². The first kappa shape index (κ1) is 76.4. The number of hydrogen-bond donors (Lipinski definition) is 0. The summed E-state index contributed by atoms with van der Waals surface area (Å²) in [6.45, 7) is 4.13. The lowest BCUT2D eigenvalue weighted by Crippen LogP contribution is -2.37. The van der Waals surface area contributed by atoms with Crippen LogP contribution in [0.15, 0.2) is 122 Å². The highest BCUT2D eigenvalue weighted by molar-refractivity contribution is 7.45. The van der Waals surface area contributed by atoms with Crippen molar-refractivity contribution < 1.29 is 42.1 Å². The lowest BCUT2D eigenvalue weighted by atomic mass is 10.0.